The van der Waals surface area contributed by atoms with Crippen LogP contribution >= 0.6 is 0 Å². The third-order valence-electron chi connectivity index (χ3n) is 3.44. The van der Waals surface area contributed by atoms with E-state index in [1.54, 1.807) is 6.07 Å². The fourth-order valence-electron chi connectivity index (χ4n) is 2.21. The highest BCUT2D eigenvalue weighted by atomic mass is 15.3. The van der Waals surface area contributed by atoms with E-state index in [9.17, 15) is 0 Å². The van der Waals surface area contributed by atoms with E-state index in [2.05, 4.69) is 25.5 Å². The Balaban J connectivity index is 1.93. The minimum absolute atomic E-state index is 0.333. The maximum Gasteiger partial charge on any atom is 0.228 e. The van der Waals surface area contributed by atoms with Crippen molar-refractivity contribution in [2.24, 2.45) is 7.05 Å². The number of aromatic nitrogens is 5. The Morgan fingerprint density at radius 1 is 1.13 bits per heavy atom. The van der Waals surface area contributed by atoms with Crippen molar-refractivity contribution in [2.75, 3.05) is 5.32 Å². The molecule has 0 unspecified atom stereocenters. The molecule has 0 aliphatic heterocycles. The summed E-state index contributed by atoms with van der Waals surface area (Å²) < 4.78 is 1.93. The van der Waals surface area contributed by atoms with Crippen LogP contribution < -0.4 is 5.32 Å². The average Bonchev–Trinajstić information content (AvgIpc) is 2.86. The number of benzene rings is 1. The van der Waals surface area contributed by atoms with Gasteiger partial charge in [-0.15, -0.1) is 10.2 Å². The summed E-state index contributed by atoms with van der Waals surface area (Å²) in [6, 6.07) is 11.4. The first-order valence-corrected chi connectivity index (χ1v) is 7.06. The van der Waals surface area contributed by atoms with Crippen LogP contribution in [-0.2, 0) is 7.05 Å². The molecule has 0 aliphatic carbocycles. The Morgan fingerprint density at radius 3 is 2.65 bits per heavy atom. The quantitative estimate of drug-likeness (QED) is 0.799. The van der Waals surface area contributed by atoms with E-state index in [-0.39, 0.29) is 0 Å². The second kappa shape index (κ2) is 5.85. The van der Waals surface area contributed by atoms with E-state index < -0.39 is 0 Å². The van der Waals surface area contributed by atoms with E-state index in [1.807, 2.05) is 55.8 Å². The first-order chi connectivity index (χ1) is 11.1. The molecule has 0 radical (unpaired) electrons. The zero-order chi connectivity index (χ0) is 16.4. The van der Waals surface area contributed by atoms with Gasteiger partial charge in [-0.3, -0.25) is 0 Å². The number of hydrogen-bond acceptors (Lipinski definition) is 6. The number of anilines is 2. The van der Waals surface area contributed by atoms with Crippen molar-refractivity contribution in [1.29, 1.82) is 5.26 Å². The monoisotopic (exact) mass is 305 g/mol. The smallest absolute Gasteiger partial charge is 0.228 e. The van der Waals surface area contributed by atoms with Crippen molar-refractivity contribution in [3.63, 3.8) is 0 Å². The van der Waals surface area contributed by atoms with Gasteiger partial charge in [0.1, 0.15) is 17.6 Å². The summed E-state index contributed by atoms with van der Waals surface area (Å²) in [6.07, 6.45) is 0. The Kier molecular flexibility index (Phi) is 3.73. The fourth-order valence-corrected chi connectivity index (χ4v) is 2.21. The first kappa shape index (κ1) is 14.7. The molecule has 7 heteroatoms. The SMILES string of the molecule is Cc1cc(C#N)nc(Nc2cccc(-c3nnc(C)n3C)c2)n1. The molecule has 114 valence electrons. The van der Waals surface area contributed by atoms with Crippen molar-refractivity contribution in [1.82, 2.24) is 24.7 Å². The van der Waals surface area contributed by atoms with Crippen LogP contribution in [0.1, 0.15) is 17.2 Å². The third-order valence-corrected chi connectivity index (χ3v) is 3.44. The van der Waals surface area contributed by atoms with Crippen LogP contribution in [0.25, 0.3) is 11.4 Å². The van der Waals surface area contributed by atoms with E-state index in [4.69, 9.17) is 5.26 Å². The maximum absolute atomic E-state index is 8.99. The van der Waals surface area contributed by atoms with Gasteiger partial charge in [0.05, 0.1) is 0 Å². The topological polar surface area (TPSA) is 92.3 Å². The van der Waals surface area contributed by atoms with Gasteiger partial charge < -0.3 is 9.88 Å². The van der Waals surface area contributed by atoms with Crippen LogP contribution in [0.5, 0.6) is 0 Å². The normalized spacial score (nSPS) is 10.3. The van der Waals surface area contributed by atoms with Crippen molar-refractivity contribution in [2.45, 2.75) is 13.8 Å². The molecule has 0 atom stereocenters. The Bertz CT molecular complexity index is 905. The highest BCUT2D eigenvalue weighted by molar-refractivity contribution is 5.65. The largest absolute Gasteiger partial charge is 0.324 e. The number of nitrogens with zero attached hydrogens (tertiary/aromatic N) is 6. The molecule has 1 aromatic carbocycles. The highest BCUT2D eigenvalue weighted by Gasteiger charge is 2.09. The molecular formula is C16H15N7. The molecule has 0 amide bonds. The molecule has 3 rings (SSSR count). The van der Waals surface area contributed by atoms with Gasteiger partial charge in [-0.1, -0.05) is 12.1 Å². The Morgan fingerprint density at radius 2 is 1.96 bits per heavy atom. The van der Waals surface area contributed by atoms with Crippen molar-refractivity contribution >= 4 is 11.6 Å². The second-order valence-electron chi connectivity index (χ2n) is 5.17. The van der Waals surface area contributed by atoms with Crippen molar-refractivity contribution in [3.8, 4) is 17.5 Å². The lowest BCUT2D eigenvalue weighted by Gasteiger charge is -2.08. The lowest BCUT2D eigenvalue weighted by molar-refractivity contribution is 0.865. The van der Waals surface area contributed by atoms with Gasteiger partial charge in [0, 0.05) is 24.0 Å². The van der Waals surface area contributed by atoms with Crippen LogP contribution in [0.15, 0.2) is 30.3 Å². The second-order valence-corrected chi connectivity index (χ2v) is 5.17. The van der Waals surface area contributed by atoms with Gasteiger partial charge in [0.25, 0.3) is 0 Å². The van der Waals surface area contributed by atoms with E-state index in [1.165, 1.54) is 0 Å². The zero-order valence-electron chi connectivity index (χ0n) is 13.1. The minimum atomic E-state index is 0.333. The lowest BCUT2D eigenvalue weighted by Crippen LogP contribution is -2.01. The molecule has 0 spiro atoms. The number of hydrogen-bond donors (Lipinski definition) is 1. The van der Waals surface area contributed by atoms with Crippen LogP contribution in [0.4, 0.5) is 11.6 Å². The summed E-state index contributed by atoms with van der Waals surface area (Å²) in [5.41, 5.74) is 2.82. The molecule has 0 bridgehead atoms. The zero-order valence-corrected chi connectivity index (χ0v) is 13.1. The van der Waals surface area contributed by atoms with Gasteiger partial charge in [-0.2, -0.15) is 5.26 Å². The van der Waals surface area contributed by atoms with Crippen molar-refractivity contribution < 1.29 is 0 Å². The fraction of sp³-hybridized carbons (Fsp3) is 0.188. The van der Waals surface area contributed by atoms with E-state index >= 15 is 0 Å². The van der Waals surface area contributed by atoms with Crippen LogP contribution in [0.3, 0.4) is 0 Å². The third kappa shape index (κ3) is 3.01. The van der Waals surface area contributed by atoms with Gasteiger partial charge in [0.2, 0.25) is 5.95 Å². The summed E-state index contributed by atoms with van der Waals surface area (Å²) in [4.78, 5) is 8.45. The molecular weight excluding hydrogens is 290 g/mol. The van der Waals surface area contributed by atoms with Crippen LogP contribution in [0.2, 0.25) is 0 Å². The molecule has 0 aliphatic rings. The maximum atomic E-state index is 8.99. The van der Waals surface area contributed by atoms with Gasteiger partial charge in [0.15, 0.2) is 5.82 Å². The number of nitrogens with one attached hydrogen (secondary N) is 1. The summed E-state index contributed by atoms with van der Waals surface area (Å²) >= 11 is 0. The molecule has 3 aromatic rings. The Hall–Kier alpha value is -3.27. The lowest BCUT2D eigenvalue weighted by atomic mass is 10.2. The summed E-state index contributed by atoms with van der Waals surface area (Å²) in [5.74, 6) is 2.03. The Labute approximate surface area is 133 Å². The predicted octanol–water partition coefficient (Wildman–Crippen LogP) is 2.50. The summed E-state index contributed by atoms with van der Waals surface area (Å²) in [7, 11) is 1.92. The summed E-state index contributed by atoms with van der Waals surface area (Å²) in [5, 5.41) is 20.4. The molecule has 2 aromatic heterocycles. The molecule has 7 nitrogen and oxygen atoms in total. The summed E-state index contributed by atoms with van der Waals surface area (Å²) in [6.45, 7) is 3.73. The molecule has 23 heavy (non-hydrogen) atoms. The standard InChI is InChI=1S/C16H15N7/c1-10-7-14(9-17)20-16(18-10)19-13-6-4-5-12(8-13)15-22-21-11(2)23(15)3/h4-8H,1-3H3,(H,18,19,20). The molecule has 2 heterocycles. The van der Waals surface area contributed by atoms with Gasteiger partial charge in [-0.25, -0.2) is 9.97 Å². The first-order valence-electron chi connectivity index (χ1n) is 7.06. The average molecular weight is 305 g/mol. The number of aryl methyl sites for hydroxylation is 2. The molecule has 0 saturated carbocycles. The molecule has 1 N–H and O–H groups in total. The van der Waals surface area contributed by atoms with E-state index in [0.717, 1.165) is 28.6 Å². The number of nitriles is 1. The van der Waals surface area contributed by atoms with E-state index in [0.29, 0.717) is 11.6 Å². The van der Waals surface area contributed by atoms with Crippen LogP contribution in [0, 0.1) is 25.2 Å². The minimum Gasteiger partial charge on any atom is -0.324 e. The highest BCUT2D eigenvalue weighted by Crippen LogP contribution is 2.22. The van der Waals surface area contributed by atoms with Gasteiger partial charge in [-0.05, 0) is 32.0 Å². The van der Waals surface area contributed by atoms with Gasteiger partial charge >= 0.3 is 0 Å². The molecule has 0 saturated heterocycles. The van der Waals surface area contributed by atoms with Crippen molar-refractivity contribution in [3.05, 3.63) is 47.5 Å². The predicted molar refractivity (Wildman–Crippen MR) is 85.9 cm³/mol. The number of rotatable bonds is 3. The molecule has 0 fully saturated rings. The van der Waals surface area contributed by atoms with Crippen LogP contribution in [-0.4, -0.2) is 24.7 Å².